The molecule has 7 heterocycles. The molecular formula is C42H51N9O5. The number of fused-ring (bicyclic) bond motifs is 4. The molecule has 3 N–H and O–H groups in total. The number of anilines is 3. The van der Waals surface area contributed by atoms with Gasteiger partial charge in [0.05, 0.1) is 28.6 Å². The van der Waals surface area contributed by atoms with Gasteiger partial charge in [-0.25, -0.2) is 0 Å². The summed E-state index contributed by atoms with van der Waals surface area (Å²) in [4.78, 5) is 61.8. The first-order valence-corrected chi connectivity index (χ1v) is 20.2. The molecule has 2 unspecified atom stereocenters. The zero-order chi connectivity index (χ0) is 38.7. The van der Waals surface area contributed by atoms with Gasteiger partial charge in [-0.2, -0.15) is 0 Å². The van der Waals surface area contributed by atoms with Crippen molar-refractivity contribution in [3.05, 3.63) is 59.7 Å². The highest BCUT2D eigenvalue weighted by Crippen LogP contribution is 2.40. The van der Waals surface area contributed by atoms with Crippen LogP contribution in [0.3, 0.4) is 0 Å². The van der Waals surface area contributed by atoms with Gasteiger partial charge in [0.15, 0.2) is 5.82 Å². The van der Waals surface area contributed by atoms with Crippen molar-refractivity contribution >= 4 is 40.8 Å². The molecule has 4 fully saturated rings. The van der Waals surface area contributed by atoms with Gasteiger partial charge in [0.25, 0.3) is 11.8 Å². The van der Waals surface area contributed by atoms with Crippen LogP contribution in [0.15, 0.2) is 48.5 Å². The molecule has 56 heavy (non-hydrogen) atoms. The quantitative estimate of drug-likeness (QED) is 0.303. The number of nitrogens with zero attached hydrogens (tertiary/aromatic N) is 7. The van der Waals surface area contributed by atoms with Crippen molar-refractivity contribution < 1.29 is 24.3 Å². The molecule has 6 aliphatic heterocycles. The van der Waals surface area contributed by atoms with E-state index in [0.29, 0.717) is 40.3 Å². The second-order valence-corrected chi connectivity index (χ2v) is 17.3. The van der Waals surface area contributed by atoms with E-state index in [1.165, 1.54) is 6.42 Å². The molecule has 0 spiro atoms. The van der Waals surface area contributed by atoms with Crippen LogP contribution in [-0.4, -0.2) is 131 Å². The average Bonchev–Trinajstić information content (AvgIpc) is 3.43. The van der Waals surface area contributed by atoms with Gasteiger partial charge >= 0.3 is 0 Å². The standard InChI is InChI=1S/C42H51N9O5/c1-42(2)25-48(14-13-27(42)23-47-17-18-50-29(24-47)21-43-38-35(50)20-33(45-46-38)31-5-3-4-6-36(31)52)22-26-11-15-49(16-12-26)28-7-8-30-32(19-28)41(56)51(40(30)55)34-9-10-37(53)44-39(34)54/h3-8,19-20,26-27,29,34,52H,9-18,21-25H2,1-2H3,(H,43,46)(H,44,53,54)/t27?,29-,34?/m0/s1. The number of rotatable bonds is 7. The van der Waals surface area contributed by atoms with Crippen molar-refractivity contribution in [1.82, 2.24) is 30.2 Å². The smallest absolute Gasteiger partial charge is 0.262 e. The van der Waals surface area contributed by atoms with Gasteiger partial charge in [0, 0.05) is 76.6 Å². The lowest BCUT2D eigenvalue weighted by Gasteiger charge is -2.50. The van der Waals surface area contributed by atoms with E-state index >= 15 is 0 Å². The number of carbonyl (C=O) groups is 4. The summed E-state index contributed by atoms with van der Waals surface area (Å²) in [5.74, 6) is 0.341. The van der Waals surface area contributed by atoms with Crippen molar-refractivity contribution in [1.29, 1.82) is 0 Å². The Morgan fingerprint density at radius 2 is 1.62 bits per heavy atom. The summed E-state index contributed by atoms with van der Waals surface area (Å²) in [6, 6.07) is 14.2. The third-order valence-corrected chi connectivity index (χ3v) is 13.3. The average molecular weight is 762 g/mol. The van der Waals surface area contributed by atoms with Gasteiger partial charge in [0.1, 0.15) is 11.8 Å². The molecule has 294 valence electrons. The molecule has 9 rings (SSSR count). The molecular weight excluding hydrogens is 711 g/mol. The molecule has 4 saturated heterocycles. The van der Waals surface area contributed by atoms with E-state index in [4.69, 9.17) is 0 Å². The molecule has 0 radical (unpaired) electrons. The third kappa shape index (κ3) is 6.76. The molecule has 14 heteroatoms. The SMILES string of the molecule is CC1(C)CN(CC2CCN(c3ccc4c(c3)C(=O)N(C3CCC(=O)NC3=O)C4=O)CC2)CCC1CN1CCN2c3cc(-c4ccccc4O)nnc3NC[C@H]2C1. The highest BCUT2D eigenvalue weighted by Gasteiger charge is 2.45. The van der Waals surface area contributed by atoms with Crippen LogP contribution in [0.2, 0.25) is 0 Å². The fourth-order valence-corrected chi connectivity index (χ4v) is 10.1. The minimum absolute atomic E-state index is 0.105. The zero-order valence-corrected chi connectivity index (χ0v) is 32.2. The predicted molar refractivity (Wildman–Crippen MR) is 212 cm³/mol. The number of carbonyl (C=O) groups excluding carboxylic acids is 4. The first-order valence-electron chi connectivity index (χ1n) is 20.2. The minimum atomic E-state index is -0.957. The van der Waals surface area contributed by atoms with Crippen molar-refractivity contribution in [2.24, 2.45) is 17.3 Å². The van der Waals surface area contributed by atoms with Crippen LogP contribution in [0.25, 0.3) is 11.3 Å². The Labute approximate surface area is 327 Å². The summed E-state index contributed by atoms with van der Waals surface area (Å²) in [5.41, 5.74) is 4.22. The summed E-state index contributed by atoms with van der Waals surface area (Å²) < 4.78 is 0. The van der Waals surface area contributed by atoms with Crippen LogP contribution >= 0.6 is 0 Å². The largest absolute Gasteiger partial charge is 0.507 e. The second kappa shape index (κ2) is 14.5. The molecule has 2 aromatic carbocycles. The van der Waals surface area contributed by atoms with Crippen LogP contribution in [0.1, 0.15) is 66.7 Å². The van der Waals surface area contributed by atoms with Crippen molar-refractivity contribution in [2.45, 2.75) is 58.0 Å². The number of benzene rings is 2. The zero-order valence-electron chi connectivity index (χ0n) is 32.2. The van der Waals surface area contributed by atoms with Gasteiger partial charge in [-0.1, -0.05) is 26.0 Å². The summed E-state index contributed by atoms with van der Waals surface area (Å²) in [6.45, 7) is 14.9. The van der Waals surface area contributed by atoms with Crippen LogP contribution in [-0.2, 0) is 9.59 Å². The highest BCUT2D eigenvalue weighted by molar-refractivity contribution is 6.23. The molecule has 14 nitrogen and oxygen atoms in total. The minimum Gasteiger partial charge on any atom is -0.507 e. The number of piperazine rings is 1. The Bertz CT molecular complexity index is 2070. The molecule has 3 atom stereocenters. The van der Waals surface area contributed by atoms with E-state index < -0.39 is 23.8 Å². The number of nitrogens with one attached hydrogen (secondary N) is 2. The van der Waals surface area contributed by atoms with E-state index in [-0.39, 0.29) is 29.9 Å². The van der Waals surface area contributed by atoms with Crippen LogP contribution < -0.4 is 20.4 Å². The molecule has 1 aromatic heterocycles. The Balaban J connectivity index is 0.760. The number of piperidine rings is 3. The summed E-state index contributed by atoms with van der Waals surface area (Å²) in [7, 11) is 0. The fourth-order valence-electron chi connectivity index (χ4n) is 10.1. The number of imide groups is 2. The van der Waals surface area contributed by atoms with E-state index in [1.807, 2.05) is 30.3 Å². The molecule has 0 saturated carbocycles. The van der Waals surface area contributed by atoms with E-state index in [2.05, 4.69) is 60.3 Å². The van der Waals surface area contributed by atoms with Crippen molar-refractivity contribution in [2.75, 3.05) is 80.6 Å². The lowest BCUT2D eigenvalue weighted by molar-refractivity contribution is -0.136. The van der Waals surface area contributed by atoms with Crippen LogP contribution in [0.5, 0.6) is 5.75 Å². The molecule has 4 amide bonds. The summed E-state index contributed by atoms with van der Waals surface area (Å²) in [5, 5.41) is 25.1. The summed E-state index contributed by atoms with van der Waals surface area (Å²) >= 11 is 0. The van der Waals surface area contributed by atoms with Gasteiger partial charge in [-0.3, -0.25) is 34.3 Å². The van der Waals surface area contributed by atoms with Crippen LogP contribution in [0.4, 0.5) is 17.2 Å². The molecule has 0 aliphatic carbocycles. The lowest BCUT2D eigenvalue weighted by Crippen LogP contribution is -2.59. The first kappa shape index (κ1) is 36.6. The highest BCUT2D eigenvalue weighted by atomic mass is 16.3. The number of phenolic OH excluding ortho intramolecular Hbond substituents is 1. The Morgan fingerprint density at radius 1 is 0.821 bits per heavy atom. The fraction of sp³-hybridized carbons (Fsp3) is 0.524. The van der Waals surface area contributed by atoms with Crippen molar-refractivity contribution in [3.63, 3.8) is 0 Å². The maximum atomic E-state index is 13.4. The maximum Gasteiger partial charge on any atom is 0.262 e. The van der Waals surface area contributed by atoms with Gasteiger partial charge in [-0.15, -0.1) is 10.2 Å². The number of aromatic nitrogens is 2. The van der Waals surface area contributed by atoms with E-state index in [9.17, 15) is 24.3 Å². The Kier molecular flexibility index (Phi) is 9.43. The van der Waals surface area contributed by atoms with E-state index in [0.717, 1.165) is 100 Å². The first-order chi connectivity index (χ1) is 27.0. The third-order valence-electron chi connectivity index (χ3n) is 13.3. The number of amides is 4. The number of hydrogen-bond acceptors (Lipinski definition) is 12. The van der Waals surface area contributed by atoms with Gasteiger partial charge in [-0.05, 0) is 85.9 Å². The number of aromatic hydroxyl groups is 1. The second-order valence-electron chi connectivity index (χ2n) is 17.3. The number of para-hydroxylation sites is 1. The lowest BCUT2D eigenvalue weighted by atomic mass is 9.73. The van der Waals surface area contributed by atoms with Gasteiger partial charge < -0.3 is 25.1 Å². The number of hydrogen-bond donors (Lipinski definition) is 3. The summed E-state index contributed by atoms with van der Waals surface area (Å²) in [6.07, 6.45) is 3.58. The molecule has 6 aliphatic rings. The van der Waals surface area contributed by atoms with Crippen LogP contribution in [0, 0.1) is 17.3 Å². The monoisotopic (exact) mass is 761 g/mol. The Morgan fingerprint density at radius 3 is 2.41 bits per heavy atom. The predicted octanol–water partition coefficient (Wildman–Crippen LogP) is 3.43. The number of likely N-dealkylation sites (tertiary alicyclic amines) is 1. The molecule has 0 bridgehead atoms. The van der Waals surface area contributed by atoms with E-state index in [1.54, 1.807) is 12.1 Å². The van der Waals surface area contributed by atoms with Gasteiger partial charge in [0.2, 0.25) is 11.8 Å². The van der Waals surface area contributed by atoms with Crippen molar-refractivity contribution in [3.8, 4) is 17.0 Å². The normalized spacial score (nSPS) is 25.8. The molecule has 3 aromatic rings. The topological polar surface area (TPSA) is 155 Å². The maximum absolute atomic E-state index is 13.4. The Hall–Kier alpha value is -5.08. The number of phenols is 1.